The number of rotatable bonds is 7. The minimum Gasteiger partial charge on any atom is -0.464 e. The summed E-state index contributed by atoms with van der Waals surface area (Å²) in [5.41, 5.74) is 0.608. The number of nitrogens with zero attached hydrogens (tertiary/aromatic N) is 2. The lowest BCUT2D eigenvalue weighted by Crippen LogP contribution is -2.46. The number of esters is 1. The maximum atomic E-state index is 13.3. The van der Waals surface area contributed by atoms with Crippen molar-refractivity contribution in [3.63, 3.8) is 0 Å². The first kappa shape index (κ1) is 22.2. The van der Waals surface area contributed by atoms with Gasteiger partial charge in [-0.1, -0.05) is 33.8 Å². The zero-order valence-electron chi connectivity index (χ0n) is 17.0. The summed E-state index contributed by atoms with van der Waals surface area (Å²) >= 11 is 1.56. The first-order valence-corrected chi connectivity index (χ1v) is 10.5. The smallest absolute Gasteiger partial charge is 0.329 e. The molecule has 1 aliphatic heterocycles. The van der Waals surface area contributed by atoms with Crippen LogP contribution in [0.4, 0.5) is 5.69 Å². The van der Waals surface area contributed by atoms with Crippen LogP contribution in [0.1, 0.15) is 50.0 Å². The van der Waals surface area contributed by atoms with Gasteiger partial charge in [0, 0.05) is 22.9 Å². The Balaban J connectivity index is 2.33. The number of hydrogen-bond donors (Lipinski definition) is 0. The van der Waals surface area contributed by atoms with Crippen molar-refractivity contribution < 1.29 is 19.2 Å². The minimum absolute atomic E-state index is 0.1000. The van der Waals surface area contributed by atoms with Crippen LogP contribution in [0.2, 0.25) is 0 Å². The molecule has 0 N–H and O–H groups in total. The number of carbonyl (C=O) groups is 2. The van der Waals surface area contributed by atoms with Crippen molar-refractivity contribution in [3.8, 4) is 0 Å². The fourth-order valence-electron chi connectivity index (χ4n) is 3.04. The van der Waals surface area contributed by atoms with Crippen LogP contribution < -0.4 is 0 Å². The largest absolute Gasteiger partial charge is 0.464 e. The van der Waals surface area contributed by atoms with Gasteiger partial charge in [-0.2, -0.15) is 0 Å². The van der Waals surface area contributed by atoms with Gasteiger partial charge in [0.15, 0.2) is 0 Å². The highest BCUT2D eigenvalue weighted by Crippen LogP contribution is 2.35. The van der Waals surface area contributed by atoms with Crippen LogP contribution in [0.25, 0.3) is 0 Å². The Morgan fingerprint density at radius 3 is 2.54 bits per heavy atom. The van der Waals surface area contributed by atoms with Crippen LogP contribution in [0.5, 0.6) is 0 Å². The van der Waals surface area contributed by atoms with Gasteiger partial charge in [0.25, 0.3) is 11.6 Å². The molecule has 1 fully saturated rings. The summed E-state index contributed by atoms with van der Waals surface area (Å²) in [6.07, 6.45) is 0.734. The number of nitro groups is 1. The van der Waals surface area contributed by atoms with Gasteiger partial charge in [-0.25, -0.2) is 4.79 Å². The van der Waals surface area contributed by atoms with Crippen molar-refractivity contribution in [2.45, 2.75) is 52.5 Å². The molecule has 2 atom stereocenters. The van der Waals surface area contributed by atoms with E-state index in [1.807, 2.05) is 13.8 Å². The number of thioether (sulfide) groups is 1. The van der Waals surface area contributed by atoms with E-state index in [-0.39, 0.29) is 28.4 Å². The Hall–Kier alpha value is -2.09. The highest BCUT2D eigenvalue weighted by Gasteiger charge is 2.43. The van der Waals surface area contributed by atoms with Crippen LogP contribution in [0.3, 0.4) is 0 Å². The summed E-state index contributed by atoms with van der Waals surface area (Å²) in [5.74, 6) is 0.222. The Morgan fingerprint density at radius 2 is 1.96 bits per heavy atom. The van der Waals surface area contributed by atoms with Crippen LogP contribution in [-0.2, 0) is 9.53 Å². The maximum absolute atomic E-state index is 13.3. The zero-order chi connectivity index (χ0) is 21.0. The molecule has 0 bridgehead atoms. The van der Waals surface area contributed by atoms with Crippen LogP contribution in [-0.4, -0.2) is 45.5 Å². The summed E-state index contributed by atoms with van der Waals surface area (Å²) in [5, 5.41) is 11.1. The second-order valence-corrected chi connectivity index (χ2v) is 9.14. The molecule has 1 aromatic carbocycles. The molecule has 1 saturated heterocycles. The predicted molar refractivity (Wildman–Crippen MR) is 109 cm³/mol. The molecule has 154 valence electrons. The second-order valence-electron chi connectivity index (χ2n) is 7.93. The highest BCUT2D eigenvalue weighted by atomic mass is 32.2. The molecule has 1 aliphatic rings. The number of aryl methyl sites for hydroxylation is 1. The average molecular weight is 409 g/mol. The first-order chi connectivity index (χ1) is 13.1. The molecule has 0 aliphatic carbocycles. The molecular formula is C20H28N2O5S. The van der Waals surface area contributed by atoms with E-state index in [1.165, 1.54) is 6.07 Å². The molecule has 0 aromatic heterocycles. The molecule has 7 nitrogen and oxygen atoms in total. The monoisotopic (exact) mass is 408 g/mol. The molecule has 1 aromatic rings. The molecule has 1 amide bonds. The van der Waals surface area contributed by atoms with Crippen molar-refractivity contribution in [3.05, 3.63) is 39.4 Å². The van der Waals surface area contributed by atoms with Crippen LogP contribution >= 0.6 is 11.8 Å². The third-order valence-electron chi connectivity index (χ3n) is 4.48. The van der Waals surface area contributed by atoms with Crippen LogP contribution in [0.15, 0.2) is 18.2 Å². The molecule has 8 heteroatoms. The molecule has 2 rings (SSSR count). The molecular weight excluding hydrogens is 380 g/mol. The first-order valence-electron chi connectivity index (χ1n) is 9.47. The summed E-state index contributed by atoms with van der Waals surface area (Å²) in [6.45, 7) is 9.95. The number of carbonyl (C=O) groups excluding carboxylic acids is 2. The number of hydrogen-bond acceptors (Lipinski definition) is 6. The van der Waals surface area contributed by atoms with E-state index in [0.717, 1.165) is 6.42 Å². The zero-order valence-corrected chi connectivity index (χ0v) is 17.8. The van der Waals surface area contributed by atoms with E-state index in [2.05, 4.69) is 13.8 Å². The normalized spacial score (nSPS) is 19.3. The van der Waals surface area contributed by atoms with Gasteiger partial charge in [-0.3, -0.25) is 14.9 Å². The Bertz CT molecular complexity index is 750. The minimum atomic E-state index is -0.680. The van der Waals surface area contributed by atoms with Crippen molar-refractivity contribution in [2.24, 2.45) is 11.8 Å². The lowest BCUT2D eigenvalue weighted by Gasteiger charge is -2.29. The third kappa shape index (κ3) is 5.25. The van der Waals surface area contributed by atoms with Gasteiger partial charge in [0.05, 0.1) is 16.9 Å². The summed E-state index contributed by atoms with van der Waals surface area (Å²) in [4.78, 5) is 38.2. The fourth-order valence-corrected chi connectivity index (χ4v) is 4.66. The van der Waals surface area contributed by atoms with Gasteiger partial charge in [-0.15, -0.1) is 11.8 Å². The number of nitro benzene ring substituents is 1. The fraction of sp³-hybridized carbons (Fsp3) is 0.600. The van der Waals surface area contributed by atoms with E-state index in [1.54, 1.807) is 35.7 Å². The standard InChI is InChI=1S/C20H28N2O5S/c1-12(2)8-18-21(17(11-28-18)20(24)27-10-13(3)4)19(23)15-7-6-14(5)16(9-15)22(25)26/h6-7,9,12-13,17-18H,8,10-11H2,1-5H3. The Morgan fingerprint density at radius 1 is 1.29 bits per heavy atom. The van der Waals surface area contributed by atoms with E-state index >= 15 is 0 Å². The topological polar surface area (TPSA) is 89.8 Å². The Labute approximate surface area is 170 Å². The van der Waals surface area contributed by atoms with Crippen molar-refractivity contribution >= 4 is 29.3 Å². The summed E-state index contributed by atoms with van der Waals surface area (Å²) in [7, 11) is 0. The summed E-state index contributed by atoms with van der Waals surface area (Å²) < 4.78 is 5.38. The van der Waals surface area contributed by atoms with E-state index in [0.29, 0.717) is 23.8 Å². The van der Waals surface area contributed by atoms with Crippen molar-refractivity contribution in [2.75, 3.05) is 12.4 Å². The van der Waals surface area contributed by atoms with Gasteiger partial charge in [0.1, 0.15) is 6.04 Å². The van der Waals surface area contributed by atoms with E-state index in [4.69, 9.17) is 4.74 Å². The predicted octanol–water partition coefficient (Wildman–Crippen LogP) is 4.03. The lowest BCUT2D eigenvalue weighted by molar-refractivity contribution is -0.385. The number of benzene rings is 1. The van der Waals surface area contributed by atoms with Gasteiger partial charge in [0.2, 0.25) is 0 Å². The molecule has 2 unspecified atom stereocenters. The summed E-state index contributed by atoms with van der Waals surface area (Å²) in [6, 6.07) is 3.76. The average Bonchev–Trinajstić information content (AvgIpc) is 3.01. The van der Waals surface area contributed by atoms with E-state index in [9.17, 15) is 19.7 Å². The second kappa shape index (κ2) is 9.41. The van der Waals surface area contributed by atoms with Gasteiger partial charge in [-0.05, 0) is 31.2 Å². The molecule has 28 heavy (non-hydrogen) atoms. The quantitative estimate of drug-likeness (QED) is 0.384. The van der Waals surface area contributed by atoms with E-state index < -0.39 is 16.9 Å². The molecule has 0 spiro atoms. The molecule has 0 radical (unpaired) electrons. The van der Waals surface area contributed by atoms with Crippen LogP contribution in [0, 0.1) is 28.9 Å². The Kier molecular flexibility index (Phi) is 7.46. The SMILES string of the molecule is Cc1ccc(C(=O)N2C(CC(C)C)SCC2C(=O)OCC(C)C)cc1[N+](=O)[O-]. The molecule has 0 saturated carbocycles. The van der Waals surface area contributed by atoms with Gasteiger partial charge < -0.3 is 9.64 Å². The third-order valence-corrected chi connectivity index (χ3v) is 5.80. The number of amides is 1. The highest BCUT2D eigenvalue weighted by molar-refractivity contribution is 8.00. The molecule has 1 heterocycles. The van der Waals surface area contributed by atoms with Crippen molar-refractivity contribution in [1.29, 1.82) is 0 Å². The number of ether oxygens (including phenoxy) is 1. The van der Waals surface area contributed by atoms with Gasteiger partial charge >= 0.3 is 5.97 Å². The van der Waals surface area contributed by atoms with Crippen molar-refractivity contribution in [1.82, 2.24) is 4.90 Å². The maximum Gasteiger partial charge on any atom is 0.329 e. The lowest BCUT2D eigenvalue weighted by atomic mass is 10.1.